The molecule has 0 bridgehead atoms. The van der Waals surface area contributed by atoms with E-state index in [1.54, 1.807) is 0 Å². The predicted molar refractivity (Wildman–Crippen MR) is 90.4 cm³/mol. The SMILES string of the molecule is O=C(CNC(=O)c1ccc(Cl)cc1Cl)OCC(=O)c1ccc(F)c(F)c1. The van der Waals surface area contributed by atoms with Gasteiger partial charge in [-0.25, -0.2) is 8.78 Å². The number of benzene rings is 2. The highest BCUT2D eigenvalue weighted by atomic mass is 35.5. The lowest BCUT2D eigenvalue weighted by Crippen LogP contribution is -2.31. The summed E-state index contributed by atoms with van der Waals surface area (Å²) in [4.78, 5) is 35.3. The number of nitrogens with one attached hydrogen (secondary N) is 1. The number of halogens is 4. The molecule has 0 aliphatic carbocycles. The van der Waals surface area contributed by atoms with Gasteiger partial charge in [0.15, 0.2) is 24.0 Å². The van der Waals surface area contributed by atoms with Gasteiger partial charge >= 0.3 is 5.97 Å². The van der Waals surface area contributed by atoms with E-state index in [1.807, 2.05) is 0 Å². The van der Waals surface area contributed by atoms with Crippen molar-refractivity contribution in [2.45, 2.75) is 0 Å². The predicted octanol–water partition coefficient (Wildman–Crippen LogP) is 3.43. The average molecular weight is 402 g/mol. The van der Waals surface area contributed by atoms with Crippen molar-refractivity contribution in [2.24, 2.45) is 0 Å². The average Bonchev–Trinajstić information content (AvgIpc) is 2.59. The van der Waals surface area contributed by atoms with Gasteiger partial charge in [-0.1, -0.05) is 23.2 Å². The minimum atomic E-state index is -1.19. The van der Waals surface area contributed by atoms with Crippen molar-refractivity contribution < 1.29 is 27.9 Å². The number of hydrogen-bond donors (Lipinski definition) is 1. The van der Waals surface area contributed by atoms with Crippen molar-refractivity contribution in [3.05, 3.63) is 69.2 Å². The number of rotatable bonds is 6. The first-order chi connectivity index (χ1) is 12.3. The van der Waals surface area contributed by atoms with Crippen molar-refractivity contribution in [3.8, 4) is 0 Å². The zero-order chi connectivity index (χ0) is 19.3. The van der Waals surface area contributed by atoms with Crippen LogP contribution in [0.15, 0.2) is 36.4 Å². The van der Waals surface area contributed by atoms with Crippen molar-refractivity contribution >= 4 is 40.9 Å². The molecule has 2 rings (SSSR count). The molecule has 26 heavy (non-hydrogen) atoms. The number of carbonyl (C=O) groups excluding carboxylic acids is 3. The second-order valence-electron chi connectivity index (χ2n) is 5.02. The molecular formula is C17H11Cl2F2NO4. The van der Waals surface area contributed by atoms with E-state index < -0.39 is 42.4 Å². The van der Waals surface area contributed by atoms with Gasteiger partial charge in [-0.3, -0.25) is 14.4 Å². The van der Waals surface area contributed by atoms with Crippen molar-refractivity contribution in [1.29, 1.82) is 0 Å². The van der Waals surface area contributed by atoms with E-state index in [2.05, 4.69) is 5.32 Å². The summed E-state index contributed by atoms with van der Waals surface area (Å²) in [6, 6.07) is 6.78. The van der Waals surface area contributed by atoms with Crippen LogP contribution in [0.2, 0.25) is 10.0 Å². The molecule has 5 nitrogen and oxygen atoms in total. The van der Waals surface area contributed by atoms with Crippen LogP contribution in [0.4, 0.5) is 8.78 Å². The Morgan fingerprint density at radius 3 is 2.38 bits per heavy atom. The van der Waals surface area contributed by atoms with E-state index in [0.717, 1.165) is 12.1 Å². The lowest BCUT2D eigenvalue weighted by Gasteiger charge is -2.08. The number of esters is 1. The van der Waals surface area contributed by atoms with Crippen molar-refractivity contribution in [3.63, 3.8) is 0 Å². The van der Waals surface area contributed by atoms with E-state index in [-0.39, 0.29) is 16.1 Å². The molecule has 9 heteroatoms. The molecule has 1 amide bonds. The number of ketones is 1. The Bertz CT molecular complexity index is 874. The number of hydrogen-bond acceptors (Lipinski definition) is 4. The van der Waals surface area contributed by atoms with Gasteiger partial charge in [0.2, 0.25) is 0 Å². The molecule has 0 atom stereocenters. The molecule has 2 aromatic rings. The zero-order valence-corrected chi connectivity index (χ0v) is 14.5. The Morgan fingerprint density at radius 1 is 1.00 bits per heavy atom. The van der Waals surface area contributed by atoms with Crippen LogP contribution in [0.1, 0.15) is 20.7 Å². The van der Waals surface area contributed by atoms with Gasteiger partial charge in [0.25, 0.3) is 5.91 Å². The molecule has 0 unspecified atom stereocenters. The van der Waals surface area contributed by atoms with Crippen LogP contribution in [-0.2, 0) is 9.53 Å². The Labute approximate surface area is 156 Å². The summed E-state index contributed by atoms with van der Waals surface area (Å²) in [5.41, 5.74) is -0.0320. The highest BCUT2D eigenvalue weighted by molar-refractivity contribution is 6.36. The van der Waals surface area contributed by atoms with Crippen LogP contribution in [0.25, 0.3) is 0 Å². The first-order valence-electron chi connectivity index (χ1n) is 7.15. The summed E-state index contributed by atoms with van der Waals surface area (Å²) in [6.07, 6.45) is 0. The Balaban J connectivity index is 1.84. The van der Waals surface area contributed by atoms with Crippen LogP contribution in [-0.4, -0.2) is 30.8 Å². The fourth-order valence-electron chi connectivity index (χ4n) is 1.87. The molecule has 0 heterocycles. The summed E-state index contributed by atoms with van der Waals surface area (Å²) in [6.45, 7) is -1.19. The molecule has 0 aliphatic heterocycles. The summed E-state index contributed by atoms with van der Waals surface area (Å²) < 4.78 is 30.6. The van der Waals surface area contributed by atoms with Crippen LogP contribution in [0.5, 0.6) is 0 Å². The molecular weight excluding hydrogens is 391 g/mol. The maximum absolute atomic E-state index is 13.1. The molecule has 1 N–H and O–H groups in total. The largest absolute Gasteiger partial charge is 0.456 e. The third kappa shape index (κ3) is 5.24. The summed E-state index contributed by atoms with van der Waals surface area (Å²) in [5, 5.41) is 2.73. The Kier molecular flexibility index (Phi) is 6.65. The number of ether oxygens (including phenoxy) is 1. The Hall–Kier alpha value is -2.51. The lowest BCUT2D eigenvalue weighted by atomic mass is 10.1. The number of Topliss-reactive ketones (excluding diaryl/α,β-unsaturated/α-hetero) is 1. The summed E-state index contributed by atoms with van der Waals surface area (Å²) >= 11 is 11.6. The fraction of sp³-hybridized carbons (Fsp3) is 0.118. The smallest absolute Gasteiger partial charge is 0.325 e. The van der Waals surface area contributed by atoms with Gasteiger partial charge in [-0.05, 0) is 36.4 Å². The maximum atomic E-state index is 13.1. The summed E-state index contributed by atoms with van der Waals surface area (Å²) in [5.74, 6) is -4.52. The van der Waals surface area contributed by atoms with Gasteiger partial charge in [-0.15, -0.1) is 0 Å². The van der Waals surface area contributed by atoms with Crippen molar-refractivity contribution in [1.82, 2.24) is 5.32 Å². The van der Waals surface area contributed by atoms with Gasteiger partial charge in [0.05, 0.1) is 10.6 Å². The molecule has 0 spiro atoms. The number of amides is 1. The third-order valence-electron chi connectivity index (χ3n) is 3.17. The van der Waals surface area contributed by atoms with Gasteiger partial charge in [0.1, 0.15) is 6.54 Å². The molecule has 0 aliphatic rings. The van der Waals surface area contributed by atoms with Crippen LogP contribution < -0.4 is 5.32 Å². The fourth-order valence-corrected chi connectivity index (χ4v) is 2.37. The normalized spacial score (nSPS) is 10.3. The van der Waals surface area contributed by atoms with Gasteiger partial charge in [0, 0.05) is 10.6 Å². The highest BCUT2D eigenvalue weighted by Gasteiger charge is 2.15. The lowest BCUT2D eigenvalue weighted by molar-refractivity contribution is -0.141. The molecule has 0 fully saturated rings. The molecule has 0 saturated heterocycles. The van der Waals surface area contributed by atoms with Crippen LogP contribution in [0, 0.1) is 11.6 Å². The molecule has 136 valence electrons. The molecule has 2 aromatic carbocycles. The van der Waals surface area contributed by atoms with E-state index >= 15 is 0 Å². The van der Waals surface area contributed by atoms with Crippen LogP contribution >= 0.6 is 23.2 Å². The van der Waals surface area contributed by atoms with Crippen LogP contribution in [0.3, 0.4) is 0 Å². The van der Waals surface area contributed by atoms with Crippen molar-refractivity contribution in [2.75, 3.05) is 13.2 Å². The maximum Gasteiger partial charge on any atom is 0.325 e. The Morgan fingerprint density at radius 2 is 1.73 bits per heavy atom. The monoisotopic (exact) mass is 401 g/mol. The first-order valence-corrected chi connectivity index (χ1v) is 7.90. The van der Waals surface area contributed by atoms with E-state index in [1.165, 1.54) is 18.2 Å². The van der Waals surface area contributed by atoms with E-state index in [9.17, 15) is 23.2 Å². The summed E-state index contributed by atoms with van der Waals surface area (Å²) in [7, 11) is 0. The quantitative estimate of drug-likeness (QED) is 0.594. The van der Waals surface area contributed by atoms with Gasteiger partial charge < -0.3 is 10.1 Å². The first kappa shape index (κ1) is 19.8. The molecule has 0 aromatic heterocycles. The van der Waals surface area contributed by atoms with Gasteiger partial charge in [-0.2, -0.15) is 0 Å². The molecule has 0 saturated carbocycles. The standard InChI is InChI=1S/C17H11Cl2F2NO4/c18-10-2-3-11(12(19)6-10)17(25)22-7-16(24)26-8-15(23)9-1-4-13(20)14(21)5-9/h1-6H,7-8H2,(H,22,25). The molecule has 0 radical (unpaired) electrons. The topological polar surface area (TPSA) is 72.5 Å². The minimum Gasteiger partial charge on any atom is -0.456 e. The van der Waals surface area contributed by atoms with E-state index in [0.29, 0.717) is 11.1 Å². The van der Waals surface area contributed by atoms with E-state index in [4.69, 9.17) is 27.9 Å². The highest BCUT2D eigenvalue weighted by Crippen LogP contribution is 2.20. The number of carbonyl (C=O) groups is 3. The second-order valence-corrected chi connectivity index (χ2v) is 5.86. The minimum absolute atomic E-state index is 0.108. The second kappa shape index (κ2) is 8.73. The third-order valence-corrected chi connectivity index (χ3v) is 3.72. The zero-order valence-electron chi connectivity index (χ0n) is 13.0.